The smallest absolute Gasteiger partial charge is 0.127 e. The number of rotatable bonds is 4. The van der Waals surface area contributed by atoms with Gasteiger partial charge in [0.25, 0.3) is 0 Å². The molecule has 1 N–H and O–H groups in total. The largest absolute Gasteiger partial charge is 0.310 e. The van der Waals surface area contributed by atoms with Crippen LogP contribution in [0.5, 0.6) is 0 Å². The van der Waals surface area contributed by atoms with Crippen molar-refractivity contribution in [3.8, 4) is 0 Å². The highest BCUT2D eigenvalue weighted by molar-refractivity contribution is 5.18. The third-order valence-electron chi connectivity index (χ3n) is 3.96. The van der Waals surface area contributed by atoms with Gasteiger partial charge in [0, 0.05) is 30.7 Å². The van der Waals surface area contributed by atoms with Gasteiger partial charge in [-0.15, -0.1) is 0 Å². The molecule has 0 bridgehead atoms. The van der Waals surface area contributed by atoms with Crippen molar-refractivity contribution in [2.75, 3.05) is 13.1 Å². The molecule has 0 amide bonds. The zero-order valence-electron chi connectivity index (χ0n) is 11.0. The van der Waals surface area contributed by atoms with Crippen LogP contribution in [0.25, 0.3) is 0 Å². The highest BCUT2D eigenvalue weighted by Crippen LogP contribution is 2.23. The zero-order valence-corrected chi connectivity index (χ0v) is 11.0. The van der Waals surface area contributed by atoms with Gasteiger partial charge in [0.05, 0.1) is 0 Å². The minimum Gasteiger partial charge on any atom is -0.310 e. The first-order valence-corrected chi connectivity index (χ1v) is 7.13. The second-order valence-corrected chi connectivity index (χ2v) is 5.75. The fraction of sp³-hybridized carbons (Fsp3) is 0.600. The third kappa shape index (κ3) is 3.51. The van der Waals surface area contributed by atoms with Gasteiger partial charge in [-0.2, -0.15) is 0 Å². The number of nitrogens with zero attached hydrogens (tertiary/aromatic N) is 1. The second kappa shape index (κ2) is 5.55. The summed E-state index contributed by atoms with van der Waals surface area (Å²) >= 11 is 0. The molecule has 2 aliphatic rings. The molecule has 0 spiro atoms. The van der Waals surface area contributed by atoms with E-state index in [0.717, 1.165) is 19.5 Å². The van der Waals surface area contributed by atoms with Gasteiger partial charge in [0.2, 0.25) is 0 Å². The number of nitrogens with one attached hydrogen (secondary N) is 1. The summed E-state index contributed by atoms with van der Waals surface area (Å²) in [5.74, 6) is -0.667. The first-order valence-electron chi connectivity index (χ1n) is 7.13. The fourth-order valence-electron chi connectivity index (χ4n) is 2.82. The molecule has 104 valence electrons. The molecule has 1 atom stereocenters. The van der Waals surface area contributed by atoms with Crippen LogP contribution in [0, 0.1) is 11.6 Å². The van der Waals surface area contributed by atoms with Crippen molar-refractivity contribution < 1.29 is 8.78 Å². The van der Waals surface area contributed by atoms with Crippen molar-refractivity contribution in [1.29, 1.82) is 0 Å². The predicted octanol–water partition coefficient (Wildman–Crippen LogP) is 2.68. The van der Waals surface area contributed by atoms with Crippen LogP contribution in [0.15, 0.2) is 18.2 Å². The van der Waals surface area contributed by atoms with Gasteiger partial charge in [-0.05, 0) is 50.4 Å². The molecule has 3 rings (SSSR count). The Kier molecular flexibility index (Phi) is 3.80. The Bertz CT molecular complexity index is 446. The molecular weight excluding hydrogens is 246 g/mol. The molecule has 0 radical (unpaired) electrons. The lowest BCUT2D eigenvalue weighted by Crippen LogP contribution is -2.46. The van der Waals surface area contributed by atoms with E-state index in [1.54, 1.807) is 0 Å². The molecule has 19 heavy (non-hydrogen) atoms. The van der Waals surface area contributed by atoms with Gasteiger partial charge >= 0.3 is 0 Å². The Morgan fingerprint density at radius 2 is 2.00 bits per heavy atom. The van der Waals surface area contributed by atoms with E-state index in [-0.39, 0.29) is 11.6 Å². The highest BCUT2D eigenvalue weighted by atomic mass is 19.1. The maximum atomic E-state index is 13.6. The van der Waals surface area contributed by atoms with Crippen LogP contribution in [0.4, 0.5) is 8.78 Å². The number of halogens is 2. The third-order valence-corrected chi connectivity index (χ3v) is 3.96. The molecule has 1 aromatic rings. The molecule has 4 heteroatoms. The Balaban J connectivity index is 1.60. The molecule has 0 aromatic heterocycles. The van der Waals surface area contributed by atoms with Crippen molar-refractivity contribution in [3.05, 3.63) is 35.4 Å². The standard InChI is InChI=1S/C15H20F2N2/c16-12-3-6-15(17)11(8-12)9-19-7-1-2-14(10-19)18-13-4-5-13/h3,6,8,13-14,18H,1-2,4-5,7,9-10H2. The van der Waals surface area contributed by atoms with Crippen molar-refractivity contribution >= 4 is 0 Å². The van der Waals surface area contributed by atoms with Crippen LogP contribution >= 0.6 is 0 Å². The molecule has 1 aliphatic carbocycles. The SMILES string of the molecule is Fc1ccc(F)c(CN2CCCC(NC3CC3)C2)c1. The average molecular weight is 266 g/mol. The molecule has 2 nitrogen and oxygen atoms in total. The summed E-state index contributed by atoms with van der Waals surface area (Å²) in [6.45, 7) is 2.41. The Morgan fingerprint density at radius 3 is 2.79 bits per heavy atom. The molecular formula is C15H20F2N2. The first-order chi connectivity index (χ1) is 9.20. The Hall–Kier alpha value is -1.00. The predicted molar refractivity (Wildman–Crippen MR) is 70.8 cm³/mol. The second-order valence-electron chi connectivity index (χ2n) is 5.75. The highest BCUT2D eigenvalue weighted by Gasteiger charge is 2.27. The average Bonchev–Trinajstić information content (AvgIpc) is 3.18. The number of likely N-dealkylation sites (tertiary alicyclic amines) is 1. The summed E-state index contributed by atoms with van der Waals surface area (Å²) in [4.78, 5) is 2.22. The molecule has 1 aromatic carbocycles. The molecule has 2 fully saturated rings. The van der Waals surface area contributed by atoms with Gasteiger partial charge < -0.3 is 5.32 Å². The van der Waals surface area contributed by atoms with Crippen molar-refractivity contribution in [2.24, 2.45) is 0 Å². The lowest BCUT2D eigenvalue weighted by atomic mass is 10.0. The van der Waals surface area contributed by atoms with E-state index in [1.807, 2.05) is 0 Å². The summed E-state index contributed by atoms with van der Waals surface area (Å²) in [7, 11) is 0. The van der Waals surface area contributed by atoms with E-state index in [9.17, 15) is 8.78 Å². The minimum atomic E-state index is -0.360. The van der Waals surface area contributed by atoms with E-state index in [0.29, 0.717) is 24.2 Å². The van der Waals surface area contributed by atoms with Crippen LogP contribution in [-0.2, 0) is 6.54 Å². The van der Waals surface area contributed by atoms with Crippen molar-refractivity contribution in [1.82, 2.24) is 10.2 Å². The normalized spacial score (nSPS) is 24.6. The van der Waals surface area contributed by atoms with Gasteiger partial charge in [-0.3, -0.25) is 4.90 Å². The monoisotopic (exact) mass is 266 g/mol. The number of hydrogen-bond acceptors (Lipinski definition) is 2. The van der Waals surface area contributed by atoms with Crippen molar-refractivity contribution in [2.45, 2.75) is 44.3 Å². The molecule has 1 saturated carbocycles. The van der Waals surface area contributed by atoms with E-state index in [2.05, 4.69) is 10.2 Å². The summed E-state index contributed by atoms with van der Waals surface area (Å²) in [5.41, 5.74) is 0.465. The van der Waals surface area contributed by atoms with Crippen molar-refractivity contribution in [3.63, 3.8) is 0 Å². The maximum absolute atomic E-state index is 13.6. The summed E-state index contributed by atoms with van der Waals surface area (Å²) in [6.07, 6.45) is 4.89. The van der Waals surface area contributed by atoms with Gasteiger partial charge in [0.1, 0.15) is 11.6 Å². The van der Waals surface area contributed by atoms with E-state index in [1.165, 1.54) is 37.5 Å². The summed E-state index contributed by atoms with van der Waals surface area (Å²) < 4.78 is 26.8. The topological polar surface area (TPSA) is 15.3 Å². The maximum Gasteiger partial charge on any atom is 0.127 e. The molecule has 1 heterocycles. The van der Waals surface area contributed by atoms with E-state index in [4.69, 9.17) is 0 Å². The van der Waals surface area contributed by atoms with Crippen LogP contribution in [0.2, 0.25) is 0 Å². The lowest BCUT2D eigenvalue weighted by molar-refractivity contribution is 0.180. The first kappa shape index (κ1) is 13.0. The Morgan fingerprint density at radius 1 is 1.16 bits per heavy atom. The zero-order chi connectivity index (χ0) is 13.2. The molecule has 1 aliphatic heterocycles. The van der Waals surface area contributed by atoms with Crippen LogP contribution in [0.3, 0.4) is 0 Å². The van der Waals surface area contributed by atoms with Gasteiger partial charge in [-0.25, -0.2) is 8.78 Å². The number of benzene rings is 1. The quantitative estimate of drug-likeness (QED) is 0.901. The van der Waals surface area contributed by atoms with Gasteiger partial charge in [0.15, 0.2) is 0 Å². The van der Waals surface area contributed by atoms with Crippen LogP contribution in [0.1, 0.15) is 31.2 Å². The minimum absolute atomic E-state index is 0.307. The number of hydrogen-bond donors (Lipinski definition) is 1. The van der Waals surface area contributed by atoms with E-state index >= 15 is 0 Å². The van der Waals surface area contributed by atoms with E-state index < -0.39 is 0 Å². The summed E-state index contributed by atoms with van der Waals surface area (Å²) in [6, 6.07) is 4.92. The molecule has 1 unspecified atom stereocenters. The number of piperidine rings is 1. The fourth-order valence-corrected chi connectivity index (χ4v) is 2.82. The lowest BCUT2D eigenvalue weighted by Gasteiger charge is -2.33. The molecule has 1 saturated heterocycles. The van der Waals surface area contributed by atoms with Crippen LogP contribution in [-0.4, -0.2) is 30.1 Å². The van der Waals surface area contributed by atoms with Crippen LogP contribution < -0.4 is 5.32 Å². The Labute approximate surface area is 112 Å². The summed E-state index contributed by atoms with van der Waals surface area (Å²) in [5, 5.41) is 3.63. The van der Waals surface area contributed by atoms with Gasteiger partial charge in [-0.1, -0.05) is 0 Å².